The molecule has 1 aromatic carbocycles. The fourth-order valence-electron chi connectivity index (χ4n) is 1.61. The molecule has 0 unspecified atom stereocenters. The summed E-state index contributed by atoms with van der Waals surface area (Å²) in [6, 6.07) is 5.60. The van der Waals surface area contributed by atoms with E-state index in [-0.39, 0.29) is 21.9 Å². The lowest BCUT2D eigenvalue weighted by molar-refractivity contribution is 0.102. The highest BCUT2D eigenvalue weighted by atomic mass is 32.2. The first-order chi connectivity index (χ1) is 9.91. The molecule has 8 nitrogen and oxygen atoms in total. The molecule has 2 rings (SSSR count). The number of hydrogen-bond donors (Lipinski definition) is 2. The van der Waals surface area contributed by atoms with Crippen LogP contribution in [0.4, 0.5) is 5.69 Å². The van der Waals surface area contributed by atoms with E-state index in [1.165, 1.54) is 43.8 Å². The minimum atomic E-state index is -3.97. The number of nitrogens with two attached hydrogens (primary N) is 1. The summed E-state index contributed by atoms with van der Waals surface area (Å²) in [6.45, 7) is 0. The van der Waals surface area contributed by atoms with Crippen LogP contribution >= 0.6 is 0 Å². The van der Waals surface area contributed by atoms with E-state index in [4.69, 9.17) is 9.88 Å². The number of benzene rings is 1. The second-order valence-electron chi connectivity index (χ2n) is 4.00. The molecule has 0 bridgehead atoms. The third-order valence-corrected chi connectivity index (χ3v) is 3.51. The quantitative estimate of drug-likeness (QED) is 0.841. The molecule has 0 radical (unpaired) electrons. The van der Waals surface area contributed by atoms with E-state index in [2.05, 4.69) is 15.5 Å². The van der Waals surface area contributed by atoms with Crippen LogP contribution in [0.3, 0.4) is 0 Å². The van der Waals surface area contributed by atoms with Crippen molar-refractivity contribution in [1.29, 1.82) is 0 Å². The summed E-state index contributed by atoms with van der Waals surface area (Å²) in [7, 11) is -2.64. The van der Waals surface area contributed by atoms with Crippen molar-refractivity contribution in [1.82, 2.24) is 10.2 Å². The van der Waals surface area contributed by atoms with Crippen LogP contribution in [0.5, 0.6) is 5.75 Å². The molecule has 0 saturated heterocycles. The number of rotatable bonds is 4. The van der Waals surface area contributed by atoms with E-state index < -0.39 is 15.9 Å². The maximum atomic E-state index is 11.9. The van der Waals surface area contributed by atoms with Crippen molar-refractivity contribution in [2.75, 3.05) is 12.4 Å². The second kappa shape index (κ2) is 5.85. The predicted octanol–water partition coefficient (Wildman–Crippen LogP) is 0.385. The van der Waals surface area contributed by atoms with Crippen molar-refractivity contribution in [3.05, 3.63) is 42.2 Å². The van der Waals surface area contributed by atoms with E-state index in [0.717, 1.165) is 0 Å². The third-order valence-electron chi connectivity index (χ3n) is 2.57. The van der Waals surface area contributed by atoms with Gasteiger partial charge in [0.15, 0.2) is 0 Å². The minimum Gasteiger partial charge on any atom is -0.495 e. The molecule has 1 amide bonds. The van der Waals surface area contributed by atoms with E-state index in [1.807, 2.05) is 0 Å². The van der Waals surface area contributed by atoms with Gasteiger partial charge in [-0.2, -0.15) is 10.2 Å². The van der Waals surface area contributed by atoms with Crippen LogP contribution in [0.25, 0.3) is 0 Å². The third kappa shape index (κ3) is 3.52. The Morgan fingerprint density at radius 2 is 2.05 bits per heavy atom. The van der Waals surface area contributed by atoms with Crippen molar-refractivity contribution in [2.45, 2.75) is 4.90 Å². The molecule has 0 aliphatic heterocycles. The standard InChI is InChI=1S/C12H12N4O4S/c1-20-10-3-2-9(6-11(10)21(13,18)19)16-12(17)8-4-5-14-15-7-8/h2-7H,1H3,(H,16,17)(H2,13,18,19). The second-order valence-corrected chi connectivity index (χ2v) is 5.53. The summed E-state index contributed by atoms with van der Waals surface area (Å²) in [4.78, 5) is 11.7. The largest absolute Gasteiger partial charge is 0.495 e. The summed E-state index contributed by atoms with van der Waals surface area (Å²) in [5.74, 6) is -0.350. The highest BCUT2D eigenvalue weighted by Gasteiger charge is 2.16. The lowest BCUT2D eigenvalue weighted by Crippen LogP contribution is -2.16. The lowest BCUT2D eigenvalue weighted by Gasteiger charge is -2.10. The van der Waals surface area contributed by atoms with Crippen LogP contribution in [0.2, 0.25) is 0 Å². The number of amides is 1. The topological polar surface area (TPSA) is 124 Å². The fourth-order valence-corrected chi connectivity index (χ4v) is 2.33. The molecular weight excluding hydrogens is 296 g/mol. The highest BCUT2D eigenvalue weighted by Crippen LogP contribution is 2.26. The Hall–Kier alpha value is -2.52. The number of carbonyl (C=O) groups is 1. The van der Waals surface area contributed by atoms with Gasteiger partial charge in [-0.05, 0) is 24.3 Å². The van der Waals surface area contributed by atoms with Gasteiger partial charge >= 0.3 is 0 Å². The van der Waals surface area contributed by atoms with Crippen LogP contribution in [0.15, 0.2) is 41.6 Å². The van der Waals surface area contributed by atoms with Gasteiger partial charge in [0.25, 0.3) is 5.91 Å². The number of aromatic nitrogens is 2. The molecule has 2 aromatic rings. The number of hydrogen-bond acceptors (Lipinski definition) is 6. The predicted molar refractivity (Wildman–Crippen MR) is 74.4 cm³/mol. The molecule has 0 atom stereocenters. The van der Waals surface area contributed by atoms with Gasteiger partial charge < -0.3 is 10.1 Å². The van der Waals surface area contributed by atoms with Crippen LogP contribution in [-0.4, -0.2) is 31.6 Å². The van der Waals surface area contributed by atoms with Crippen molar-refractivity contribution in [3.8, 4) is 5.75 Å². The van der Waals surface area contributed by atoms with Gasteiger partial charge in [0.2, 0.25) is 10.0 Å². The van der Waals surface area contributed by atoms with Crippen molar-refractivity contribution in [3.63, 3.8) is 0 Å². The van der Waals surface area contributed by atoms with E-state index in [0.29, 0.717) is 0 Å². The normalized spacial score (nSPS) is 11.0. The summed E-state index contributed by atoms with van der Waals surface area (Å²) >= 11 is 0. The SMILES string of the molecule is COc1ccc(NC(=O)c2ccnnc2)cc1S(N)(=O)=O. The summed E-state index contributed by atoms with van der Waals surface area (Å²) in [6.07, 6.45) is 2.66. The number of anilines is 1. The lowest BCUT2D eigenvalue weighted by atomic mass is 10.2. The van der Waals surface area contributed by atoms with E-state index >= 15 is 0 Å². The monoisotopic (exact) mass is 308 g/mol. The summed E-state index contributed by atoms with van der Waals surface area (Å²) in [5.41, 5.74) is 0.555. The Morgan fingerprint density at radius 1 is 1.29 bits per heavy atom. The Balaban J connectivity index is 2.32. The zero-order chi connectivity index (χ0) is 15.5. The van der Waals surface area contributed by atoms with Gasteiger partial charge in [-0.1, -0.05) is 0 Å². The minimum absolute atomic E-state index is 0.0982. The van der Waals surface area contributed by atoms with Crippen LogP contribution in [0.1, 0.15) is 10.4 Å². The van der Waals surface area contributed by atoms with Gasteiger partial charge in [0.1, 0.15) is 10.6 Å². The van der Waals surface area contributed by atoms with Crippen molar-refractivity contribution in [2.24, 2.45) is 5.14 Å². The summed E-state index contributed by atoms with van der Waals surface area (Å²) in [5, 5.41) is 14.8. The zero-order valence-corrected chi connectivity index (χ0v) is 11.8. The number of nitrogens with one attached hydrogen (secondary N) is 1. The maximum Gasteiger partial charge on any atom is 0.257 e. The average Bonchev–Trinajstić information content (AvgIpc) is 2.47. The van der Waals surface area contributed by atoms with E-state index in [1.54, 1.807) is 0 Å². The Labute approximate surface area is 121 Å². The smallest absolute Gasteiger partial charge is 0.257 e. The molecule has 1 heterocycles. The van der Waals surface area contributed by atoms with Gasteiger partial charge in [-0.3, -0.25) is 4.79 Å². The molecule has 0 aliphatic rings. The van der Waals surface area contributed by atoms with E-state index in [9.17, 15) is 13.2 Å². The van der Waals surface area contributed by atoms with Crippen molar-refractivity contribution >= 4 is 21.6 Å². The van der Waals surface area contributed by atoms with Crippen LogP contribution in [0, 0.1) is 0 Å². The first-order valence-electron chi connectivity index (χ1n) is 5.70. The summed E-state index contributed by atoms with van der Waals surface area (Å²) < 4.78 is 27.9. The Bertz CT molecular complexity index is 762. The van der Waals surface area contributed by atoms with Crippen LogP contribution in [-0.2, 0) is 10.0 Å². The molecule has 0 spiro atoms. The number of methoxy groups -OCH3 is 1. The molecule has 3 N–H and O–H groups in total. The molecule has 0 saturated carbocycles. The molecule has 0 fully saturated rings. The Kier molecular flexibility index (Phi) is 4.15. The Morgan fingerprint density at radius 3 is 2.62 bits per heavy atom. The van der Waals surface area contributed by atoms with Gasteiger partial charge in [-0.25, -0.2) is 13.6 Å². The highest BCUT2D eigenvalue weighted by molar-refractivity contribution is 7.89. The number of ether oxygens (including phenoxy) is 1. The first-order valence-corrected chi connectivity index (χ1v) is 7.25. The molecule has 9 heteroatoms. The van der Waals surface area contributed by atoms with Crippen molar-refractivity contribution < 1.29 is 17.9 Å². The number of primary sulfonamides is 1. The molecule has 0 aliphatic carbocycles. The molecule has 1 aromatic heterocycles. The molecular formula is C12H12N4O4S. The zero-order valence-electron chi connectivity index (χ0n) is 11.0. The average molecular weight is 308 g/mol. The first kappa shape index (κ1) is 14.9. The fraction of sp³-hybridized carbons (Fsp3) is 0.0833. The van der Waals surface area contributed by atoms with Gasteiger partial charge in [0.05, 0.1) is 25.1 Å². The molecule has 110 valence electrons. The van der Waals surface area contributed by atoms with Crippen LogP contribution < -0.4 is 15.2 Å². The molecule has 21 heavy (non-hydrogen) atoms. The maximum absolute atomic E-state index is 11.9. The van der Waals surface area contributed by atoms with Gasteiger partial charge in [-0.15, -0.1) is 0 Å². The number of nitrogens with zero attached hydrogens (tertiary/aromatic N) is 2. The van der Waals surface area contributed by atoms with Gasteiger partial charge in [0, 0.05) is 5.69 Å². The number of carbonyl (C=O) groups excluding carboxylic acids is 1. The number of sulfonamides is 1.